The number of nitrogens with one attached hydrogen (secondary N) is 1. The molecule has 0 saturated heterocycles. The van der Waals surface area contributed by atoms with Crippen LogP contribution in [0.1, 0.15) is 44.5 Å². The number of pyridine rings is 1. The second-order valence-electron chi connectivity index (χ2n) is 4.91. The number of carbonyl (C=O) groups is 1. The Balaban J connectivity index is 2.82. The quantitative estimate of drug-likeness (QED) is 0.882. The molecular formula is C14H19N3O2. The Kier molecular flexibility index (Phi) is 4.87. The van der Waals surface area contributed by atoms with Gasteiger partial charge in [-0.05, 0) is 33.3 Å². The van der Waals surface area contributed by atoms with Crippen molar-refractivity contribution in [1.29, 1.82) is 5.26 Å². The van der Waals surface area contributed by atoms with E-state index >= 15 is 0 Å². The normalized spacial score (nSPS) is 12.4. The monoisotopic (exact) mass is 261 g/mol. The van der Waals surface area contributed by atoms with E-state index in [1.165, 1.54) is 6.20 Å². The standard InChI is InChI=1S/C14H19N3O2/c1-5-10(2)19-12-8-11(6-7-16-12)13(18)17-14(3,4)9-15/h6-8,10H,5H2,1-4H3,(H,17,18)/t10-/m0/s1. The molecular weight excluding hydrogens is 242 g/mol. The molecule has 0 aliphatic rings. The maximum absolute atomic E-state index is 12.0. The number of hydrogen-bond acceptors (Lipinski definition) is 4. The smallest absolute Gasteiger partial charge is 0.252 e. The highest BCUT2D eigenvalue weighted by atomic mass is 16.5. The maximum atomic E-state index is 12.0. The summed E-state index contributed by atoms with van der Waals surface area (Å²) in [5, 5.41) is 11.5. The number of carbonyl (C=O) groups excluding carboxylic acids is 1. The Morgan fingerprint density at radius 2 is 2.32 bits per heavy atom. The molecule has 102 valence electrons. The van der Waals surface area contributed by atoms with Crippen molar-refractivity contribution in [2.24, 2.45) is 0 Å². The van der Waals surface area contributed by atoms with Crippen LogP contribution in [0.4, 0.5) is 0 Å². The van der Waals surface area contributed by atoms with Crippen LogP contribution in [-0.2, 0) is 0 Å². The van der Waals surface area contributed by atoms with Crippen molar-refractivity contribution >= 4 is 5.91 Å². The summed E-state index contributed by atoms with van der Waals surface area (Å²) in [5.74, 6) is 0.0970. The highest BCUT2D eigenvalue weighted by molar-refractivity contribution is 5.95. The molecule has 0 bridgehead atoms. The summed E-state index contributed by atoms with van der Waals surface area (Å²) in [5.41, 5.74) is -0.477. The first-order valence-electron chi connectivity index (χ1n) is 6.24. The lowest BCUT2D eigenvalue weighted by Crippen LogP contribution is -2.42. The van der Waals surface area contributed by atoms with Crippen LogP contribution in [0.5, 0.6) is 5.88 Å². The van der Waals surface area contributed by atoms with Crippen LogP contribution in [0.15, 0.2) is 18.3 Å². The minimum absolute atomic E-state index is 0.0429. The maximum Gasteiger partial charge on any atom is 0.252 e. The van der Waals surface area contributed by atoms with E-state index in [4.69, 9.17) is 10.00 Å². The van der Waals surface area contributed by atoms with Gasteiger partial charge in [0.2, 0.25) is 5.88 Å². The lowest BCUT2D eigenvalue weighted by atomic mass is 10.1. The Morgan fingerprint density at radius 3 is 2.89 bits per heavy atom. The molecule has 1 aromatic heterocycles. The number of aromatic nitrogens is 1. The van der Waals surface area contributed by atoms with E-state index in [2.05, 4.69) is 10.3 Å². The van der Waals surface area contributed by atoms with Crippen LogP contribution in [-0.4, -0.2) is 22.5 Å². The Hall–Kier alpha value is -2.09. The number of amides is 1. The summed E-state index contributed by atoms with van der Waals surface area (Å²) in [6, 6.07) is 5.19. The second-order valence-corrected chi connectivity index (χ2v) is 4.91. The molecule has 5 nitrogen and oxygen atoms in total. The molecule has 0 aliphatic carbocycles. The zero-order valence-electron chi connectivity index (χ0n) is 11.7. The fourth-order valence-corrected chi connectivity index (χ4v) is 1.29. The highest BCUT2D eigenvalue weighted by Crippen LogP contribution is 2.13. The summed E-state index contributed by atoms with van der Waals surface area (Å²) in [6.07, 6.45) is 2.42. The Morgan fingerprint density at radius 1 is 1.63 bits per heavy atom. The van der Waals surface area contributed by atoms with Crippen LogP contribution in [0.2, 0.25) is 0 Å². The molecule has 1 atom stereocenters. The predicted octanol–water partition coefficient (Wildman–Crippen LogP) is 2.29. The zero-order chi connectivity index (χ0) is 14.5. The first-order chi connectivity index (χ1) is 8.88. The summed E-state index contributed by atoms with van der Waals surface area (Å²) in [7, 11) is 0. The second kappa shape index (κ2) is 6.19. The van der Waals surface area contributed by atoms with E-state index < -0.39 is 5.54 Å². The van der Waals surface area contributed by atoms with Gasteiger partial charge in [-0.15, -0.1) is 0 Å². The third kappa shape index (κ3) is 4.59. The lowest BCUT2D eigenvalue weighted by Gasteiger charge is -2.18. The van der Waals surface area contributed by atoms with Gasteiger partial charge in [-0.25, -0.2) is 4.98 Å². The minimum atomic E-state index is -0.905. The van der Waals surface area contributed by atoms with Gasteiger partial charge in [0.1, 0.15) is 5.54 Å². The fourth-order valence-electron chi connectivity index (χ4n) is 1.29. The van der Waals surface area contributed by atoms with Gasteiger partial charge in [0, 0.05) is 17.8 Å². The van der Waals surface area contributed by atoms with E-state index in [0.717, 1.165) is 6.42 Å². The van der Waals surface area contributed by atoms with Crippen molar-refractivity contribution in [3.8, 4) is 11.9 Å². The molecule has 1 aromatic rings. The van der Waals surface area contributed by atoms with E-state index in [1.54, 1.807) is 26.0 Å². The first-order valence-corrected chi connectivity index (χ1v) is 6.24. The van der Waals surface area contributed by atoms with E-state index in [9.17, 15) is 4.79 Å². The predicted molar refractivity (Wildman–Crippen MR) is 71.8 cm³/mol. The number of nitriles is 1. The van der Waals surface area contributed by atoms with Gasteiger partial charge in [-0.1, -0.05) is 6.92 Å². The Bertz CT molecular complexity index is 492. The fraction of sp³-hybridized carbons (Fsp3) is 0.500. The first kappa shape index (κ1) is 15.0. The number of ether oxygens (including phenoxy) is 1. The molecule has 1 amide bonds. The molecule has 1 N–H and O–H groups in total. The van der Waals surface area contributed by atoms with Crippen molar-refractivity contribution in [2.75, 3.05) is 0 Å². The molecule has 19 heavy (non-hydrogen) atoms. The average Bonchev–Trinajstić information content (AvgIpc) is 2.38. The number of nitrogens with zero attached hydrogens (tertiary/aromatic N) is 2. The summed E-state index contributed by atoms with van der Waals surface area (Å²) in [4.78, 5) is 16.0. The van der Waals surface area contributed by atoms with Crippen LogP contribution in [0.3, 0.4) is 0 Å². The van der Waals surface area contributed by atoms with Gasteiger partial charge >= 0.3 is 0 Å². The molecule has 0 fully saturated rings. The SMILES string of the molecule is CC[C@H](C)Oc1cc(C(=O)NC(C)(C)C#N)ccn1. The van der Waals surface area contributed by atoms with Crippen LogP contribution < -0.4 is 10.1 Å². The van der Waals surface area contributed by atoms with Crippen molar-refractivity contribution in [3.63, 3.8) is 0 Å². The molecule has 0 radical (unpaired) electrons. The van der Waals surface area contributed by atoms with Crippen LogP contribution >= 0.6 is 0 Å². The largest absolute Gasteiger partial charge is 0.475 e. The van der Waals surface area contributed by atoms with Gasteiger partial charge in [0.15, 0.2) is 0 Å². The van der Waals surface area contributed by atoms with Crippen LogP contribution in [0, 0.1) is 11.3 Å². The molecule has 5 heteroatoms. The zero-order valence-corrected chi connectivity index (χ0v) is 11.7. The lowest BCUT2D eigenvalue weighted by molar-refractivity contribution is 0.0928. The molecule has 0 saturated carbocycles. The summed E-state index contributed by atoms with van der Waals surface area (Å²) >= 11 is 0. The Labute approximate surface area is 113 Å². The number of rotatable bonds is 5. The molecule has 0 unspecified atom stereocenters. The van der Waals surface area contributed by atoms with Gasteiger partial charge in [0.05, 0.1) is 12.2 Å². The topological polar surface area (TPSA) is 75.0 Å². The number of hydrogen-bond donors (Lipinski definition) is 1. The van der Waals surface area contributed by atoms with Gasteiger partial charge in [-0.3, -0.25) is 4.79 Å². The molecule has 0 aromatic carbocycles. The molecule has 0 spiro atoms. The third-order valence-electron chi connectivity index (χ3n) is 2.60. The van der Waals surface area contributed by atoms with Crippen molar-refractivity contribution in [2.45, 2.75) is 45.8 Å². The molecule has 0 aliphatic heterocycles. The van der Waals surface area contributed by atoms with Gasteiger partial charge < -0.3 is 10.1 Å². The third-order valence-corrected chi connectivity index (χ3v) is 2.60. The highest BCUT2D eigenvalue weighted by Gasteiger charge is 2.20. The molecule has 1 heterocycles. The summed E-state index contributed by atoms with van der Waals surface area (Å²) < 4.78 is 5.55. The van der Waals surface area contributed by atoms with E-state index in [0.29, 0.717) is 11.4 Å². The van der Waals surface area contributed by atoms with Gasteiger partial charge in [-0.2, -0.15) is 5.26 Å². The van der Waals surface area contributed by atoms with Crippen molar-refractivity contribution in [3.05, 3.63) is 23.9 Å². The minimum Gasteiger partial charge on any atom is -0.475 e. The summed E-state index contributed by atoms with van der Waals surface area (Å²) in [6.45, 7) is 7.23. The van der Waals surface area contributed by atoms with Gasteiger partial charge in [0.25, 0.3) is 5.91 Å². The van der Waals surface area contributed by atoms with E-state index in [1.807, 2.05) is 19.9 Å². The van der Waals surface area contributed by atoms with Crippen LogP contribution in [0.25, 0.3) is 0 Å². The molecule has 1 rings (SSSR count). The van der Waals surface area contributed by atoms with Crippen molar-refractivity contribution in [1.82, 2.24) is 10.3 Å². The van der Waals surface area contributed by atoms with Crippen molar-refractivity contribution < 1.29 is 9.53 Å². The average molecular weight is 261 g/mol. The van der Waals surface area contributed by atoms with E-state index in [-0.39, 0.29) is 12.0 Å².